The molecule has 0 saturated heterocycles. The van der Waals surface area contributed by atoms with E-state index in [1.165, 1.54) is 17.7 Å². The number of rotatable bonds is 7. The topological polar surface area (TPSA) is 69.2 Å². The predicted octanol–water partition coefficient (Wildman–Crippen LogP) is 2.56. The number of hydrogen-bond acceptors (Lipinski definition) is 5. The van der Waals surface area contributed by atoms with Crippen molar-refractivity contribution in [3.05, 3.63) is 53.4 Å². The quantitative estimate of drug-likeness (QED) is 0.793. The summed E-state index contributed by atoms with van der Waals surface area (Å²) in [5, 5.41) is 8.98. The average molecular weight is 385 g/mol. The number of nitrogens with zero attached hydrogens (tertiary/aromatic N) is 4. The van der Waals surface area contributed by atoms with Crippen molar-refractivity contribution in [1.82, 2.24) is 19.7 Å². The third-order valence-electron chi connectivity index (χ3n) is 5.79. The van der Waals surface area contributed by atoms with Crippen LogP contribution in [0.1, 0.15) is 42.4 Å². The monoisotopic (exact) mass is 385 g/mol. The van der Waals surface area contributed by atoms with E-state index in [2.05, 4.69) is 25.7 Å². The molecule has 0 atom stereocenters. The molecule has 1 aromatic carbocycles. The molecule has 28 heavy (non-hydrogen) atoms. The van der Waals surface area contributed by atoms with Gasteiger partial charge >= 0.3 is 0 Å². The molecule has 1 aliphatic heterocycles. The largest absolute Gasteiger partial charge is 0.383 e. The highest BCUT2D eigenvalue weighted by molar-refractivity contribution is 5.66. The van der Waals surface area contributed by atoms with Gasteiger partial charge in [0.15, 0.2) is 0 Å². The van der Waals surface area contributed by atoms with Gasteiger partial charge in [0.2, 0.25) is 0 Å². The van der Waals surface area contributed by atoms with Crippen LogP contribution in [-0.2, 0) is 17.8 Å². The van der Waals surface area contributed by atoms with Crippen LogP contribution in [0, 0.1) is 5.82 Å². The van der Waals surface area contributed by atoms with Gasteiger partial charge in [0.1, 0.15) is 17.5 Å². The lowest BCUT2D eigenvalue weighted by atomic mass is 9.80. The Balaban J connectivity index is 1.43. The second-order valence-corrected chi connectivity index (χ2v) is 7.77. The van der Waals surface area contributed by atoms with Crippen molar-refractivity contribution in [2.24, 2.45) is 5.73 Å². The minimum Gasteiger partial charge on any atom is -0.383 e. The van der Waals surface area contributed by atoms with Gasteiger partial charge in [0, 0.05) is 38.7 Å². The zero-order valence-electron chi connectivity index (χ0n) is 16.4. The van der Waals surface area contributed by atoms with Crippen LogP contribution in [-0.4, -0.2) is 52.5 Å². The van der Waals surface area contributed by atoms with Crippen LogP contribution in [0.2, 0.25) is 0 Å². The minimum absolute atomic E-state index is 0.194. The summed E-state index contributed by atoms with van der Waals surface area (Å²) in [6.45, 7) is 3.98. The van der Waals surface area contributed by atoms with Gasteiger partial charge in [-0.1, -0.05) is 18.2 Å². The van der Waals surface area contributed by atoms with Crippen LogP contribution in [0.25, 0.3) is 5.57 Å². The van der Waals surface area contributed by atoms with E-state index in [1.54, 1.807) is 7.11 Å². The Bertz CT molecular complexity index is 826. The van der Waals surface area contributed by atoms with Gasteiger partial charge in [-0.2, -0.15) is 0 Å². The smallest absolute Gasteiger partial charge is 0.147 e. The maximum Gasteiger partial charge on any atom is 0.147 e. The van der Waals surface area contributed by atoms with Crippen LogP contribution in [0.15, 0.2) is 30.3 Å². The fraction of sp³-hybridized carbons (Fsp3) is 0.524. The molecule has 2 aromatic rings. The number of methoxy groups -OCH3 is 1. The first-order valence-electron chi connectivity index (χ1n) is 9.98. The van der Waals surface area contributed by atoms with Gasteiger partial charge in [0.05, 0.1) is 13.2 Å². The molecule has 1 aliphatic carbocycles. The highest BCUT2D eigenvalue weighted by atomic mass is 19.1. The lowest BCUT2D eigenvalue weighted by molar-refractivity contribution is 0.181. The molecule has 1 saturated carbocycles. The first-order chi connectivity index (χ1) is 13.6. The summed E-state index contributed by atoms with van der Waals surface area (Å²) >= 11 is 0. The van der Waals surface area contributed by atoms with E-state index in [9.17, 15) is 4.39 Å². The van der Waals surface area contributed by atoms with Gasteiger partial charge in [-0.3, -0.25) is 4.90 Å². The van der Waals surface area contributed by atoms with Crippen molar-refractivity contribution < 1.29 is 9.13 Å². The third kappa shape index (κ3) is 4.16. The summed E-state index contributed by atoms with van der Waals surface area (Å²) in [5.41, 5.74) is 8.35. The summed E-state index contributed by atoms with van der Waals surface area (Å²) in [6, 6.07) is 7.04. The summed E-state index contributed by atoms with van der Waals surface area (Å²) in [6.07, 6.45) is 5.15. The molecule has 2 aliphatic rings. The highest BCUT2D eigenvalue weighted by Crippen LogP contribution is 2.35. The normalized spacial score (nSPS) is 22.8. The van der Waals surface area contributed by atoms with Crippen molar-refractivity contribution in [2.45, 2.75) is 44.3 Å². The van der Waals surface area contributed by atoms with Crippen LogP contribution in [0.5, 0.6) is 0 Å². The van der Waals surface area contributed by atoms with E-state index in [4.69, 9.17) is 10.5 Å². The van der Waals surface area contributed by atoms with Gasteiger partial charge in [0.25, 0.3) is 0 Å². The van der Waals surface area contributed by atoms with Gasteiger partial charge < -0.3 is 15.0 Å². The van der Waals surface area contributed by atoms with Crippen LogP contribution < -0.4 is 5.73 Å². The van der Waals surface area contributed by atoms with E-state index in [0.717, 1.165) is 62.7 Å². The van der Waals surface area contributed by atoms with E-state index >= 15 is 0 Å². The standard InChI is InChI=1S/C21H28FN5O/c1-28-11-10-27-20(24-25-21(27)17-12-19(23)13-17)14-26-8-6-16(7-9-26)15-2-4-18(22)5-3-15/h2-6,17,19H,7-14,23H2,1H3. The number of nitrogens with two attached hydrogens (primary N) is 1. The molecule has 150 valence electrons. The fourth-order valence-corrected chi connectivity index (χ4v) is 4.05. The Labute approximate surface area is 165 Å². The molecule has 1 aromatic heterocycles. The molecule has 0 bridgehead atoms. The second kappa shape index (κ2) is 8.51. The number of hydrogen-bond donors (Lipinski definition) is 1. The summed E-state index contributed by atoms with van der Waals surface area (Å²) in [7, 11) is 1.72. The Kier molecular flexibility index (Phi) is 5.85. The van der Waals surface area contributed by atoms with Crippen molar-refractivity contribution in [3.63, 3.8) is 0 Å². The summed E-state index contributed by atoms with van der Waals surface area (Å²) in [4.78, 5) is 2.37. The zero-order chi connectivity index (χ0) is 19.5. The molecule has 1 fully saturated rings. The number of ether oxygens (including phenoxy) is 1. The molecular formula is C21H28FN5O. The molecule has 7 heteroatoms. The molecule has 0 unspecified atom stereocenters. The van der Waals surface area contributed by atoms with Crippen molar-refractivity contribution in [1.29, 1.82) is 0 Å². The Morgan fingerprint density at radius 2 is 2.00 bits per heavy atom. The Hall–Kier alpha value is -2.09. The number of halogens is 1. The SMILES string of the molecule is COCCn1c(CN2CC=C(c3ccc(F)cc3)CC2)nnc1C1CC(N)C1. The number of aromatic nitrogens is 3. The minimum atomic E-state index is -0.194. The third-order valence-corrected chi connectivity index (χ3v) is 5.79. The second-order valence-electron chi connectivity index (χ2n) is 7.77. The maximum absolute atomic E-state index is 13.1. The molecule has 0 amide bonds. The van der Waals surface area contributed by atoms with Gasteiger partial charge in [-0.15, -0.1) is 10.2 Å². The van der Waals surface area contributed by atoms with E-state index in [0.29, 0.717) is 12.5 Å². The molecule has 4 rings (SSSR count). The molecule has 0 radical (unpaired) electrons. The number of benzene rings is 1. The summed E-state index contributed by atoms with van der Waals surface area (Å²) < 4.78 is 20.6. The zero-order valence-corrected chi connectivity index (χ0v) is 16.4. The van der Waals surface area contributed by atoms with Crippen molar-refractivity contribution in [2.75, 3.05) is 26.8 Å². The lowest BCUT2D eigenvalue weighted by Crippen LogP contribution is -2.36. The maximum atomic E-state index is 13.1. The van der Waals surface area contributed by atoms with Crippen LogP contribution in [0.3, 0.4) is 0 Å². The average Bonchev–Trinajstić information content (AvgIpc) is 3.07. The van der Waals surface area contributed by atoms with Crippen molar-refractivity contribution in [3.8, 4) is 0 Å². The van der Waals surface area contributed by atoms with Crippen LogP contribution >= 0.6 is 0 Å². The fourth-order valence-electron chi connectivity index (χ4n) is 4.05. The van der Waals surface area contributed by atoms with Gasteiger partial charge in [-0.25, -0.2) is 4.39 Å². The highest BCUT2D eigenvalue weighted by Gasteiger charge is 2.32. The molecule has 6 nitrogen and oxygen atoms in total. The first kappa shape index (κ1) is 19.2. The first-order valence-corrected chi connectivity index (χ1v) is 9.98. The molecule has 2 heterocycles. The van der Waals surface area contributed by atoms with Crippen molar-refractivity contribution >= 4 is 5.57 Å². The summed E-state index contributed by atoms with van der Waals surface area (Å²) in [5.74, 6) is 2.26. The Morgan fingerprint density at radius 1 is 1.21 bits per heavy atom. The molecular weight excluding hydrogens is 357 g/mol. The van der Waals surface area contributed by atoms with Gasteiger partial charge in [-0.05, 0) is 42.5 Å². The molecule has 2 N–H and O–H groups in total. The molecule has 0 spiro atoms. The predicted molar refractivity (Wildman–Crippen MR) is 106 cm³/mol. The van der Waals surface area contributed by atoms with Crippen LogP contribution in [0.4, 0.5) is 4.39 Å². The lowest BCUT2D eigenvalue weighted by Gasteiger charge is -2.32. The van der Waals surface area contributed by atoms with E-state index < -0.39 is 0 Å². The Morgan fingerprint density at radius 3 is 2.64 bits per heavy atom. The van der Waals surface area contributed by atoms with E-state index in [-0.39, 0.29) is 11.9 Å². The van der Waals surface area contributed by atoms with E-state index in [1.807, 2.05) is 12.1 Å².